The van der Waals surface area contributed by atoms with E-state index in [2.05, 4.69) is 24.3 Å². The Morgan fingerprint density at radius 3 is 2.50 bits per heavy atom. The molecule has 0 radical (unpaired) electrons. The van der Waals surface area contributed by atoms with Crippen molar-refractivity contribution in [1.29, 1.82) is 0 Å². The van der Waals surface area contributed by atoms with Crippen molar-refractivity contribution >= 4 is 5.97 Å². The van der Waals surface area contributed by atoms with Crippen LogP contribution in [0.15, 0.2) is 24.3 Å². The molecule has 1 aliphatic carbocycles. The van der Waals surface area contributed by atoms with Gasteiger partial charge in [0, 0.05) is 0 Å². The molecule has 0 saturated heterocycles. The molecule has 2 heteroatoms. The maximum atomic E-state index is 10.7. The van der Waals surface area contributed by atoms with Gasteiger partial charge in [0.25, 0.3) is 0 Å². The van der Waals surface area contributed by atoms with E-state index < -0.39 is 5.97 Å². The summed E-state index contributed by atoms with van der Waals surface area (Å²) in [7, 11) is 0. The summed E-state index contributed by atoms with van der Waals surface area (Å²) in [5.41, 5.74) is 2.69. The monoisotopic (exact) mass is 218 g/mol. The van der Waals surface area contributed by atoms with Crippen LogP contribution in [-0.4, -0.2) is 11.1 Å². The zero-order valence-corrected chi connectivity index (χ0v) is 9.65. The number of carboxylic acid groups (broad SMARTS) is 1. The summed E-state index contributed by atoms with van der Waals surface area (Å²) in [5.74, 6) is -0.148. The van der Waals surface area contributed by atoms with E-state index in [-0.39, 0.29) is 5.92 Å². The Labute approximate surface area is 96.3 Å². The zero-order chi connectivity index (χ0) is 11.5. The van der Waals surface area contributed by atoms with E-state index in [1.54, 1.807) is 6.92 Å². The van der Waals surface area contributed by atoms with Gasteiger partial charge >= 0.3 is 5.97 Å². The fourth-order valence-electron chi connectivity index (χ4n) is 1.88. The van der Waals surface area contributed by atoms with Crippen LogP contribution in [0.25, 0.3) is 0 Å². The van der Waals surface area contributed by atoms with Gasteiger partial charge in [-0.2, -0.15) is 0 Å². The van der Waals surface area contributed by atoms with Crippen molar-refractivity contribution in [2.24, 2.45) is 5.92 Å². The molecule has 16 heavy (non-hydrogen) atoms. The van der Waals surface area contributed by atoms with Gasteiger partial charge in [-0.25, -0.2) is 0 Å². The van der Waals surface area contributed by atoms with Crippen LogP contribution in [-0.2, 0) is 11.2 Å². The molecule has 2 nitrogen and oxygen atoms in total. The number of hydrogen-bond donors (Lipinski definition) is 1. The number of carboxylic acids is 1. The van der Waals surface area contributed by atoms with Crippen LogP contribution in [0.4, 0.5) is 0 Å². The third kappa shape index (κ3) is 2.84. The molecule has 1 aromatic carbocycles. The average molecular weight is 218 g/mol. The molecule has 0 bridgehead atoms. The molecular weight excluding hydrogens is 200 g/mol. The Morgan fingerprint density at radius 1 is 1.38 bits per heavy atom. The third-order valence-electron chi connectivity index (χ3n) is 3.32. The molecule has 0 amide bonds. The summed E-state index contributed by atoms with van der Waals surface area (Å²) in [4.78, 5) is 10.7. The lowest BCUT2D eigenvalue weighted by molar-refractivity contribution is -0.141. The highest BCUT2D eigenvalue weighted by Gasteiger charge is 2.22. The Hall–Kier alpha value is -1.31. The molecular formula is C14H18O2. The van der Waals surface area contributed by atoms with Crippen LogP contribution in [0.5, 0.6) is 0 Å². The van der Waals surface area contributed by atoms with Crippen LogP contribution in [0.3, 0.4) is 0 Å². The predicted molar refractivity (Wildman–Crippen MR) is 63.5 cm³/mol. The molecule has 1 fully saturated rings. The van der Waals surface area contributed by atoms with Gasteiger partial charge in [0.15, 0.2) is 0 Å². The number of carbonyl (C=O) groups is 1. The molecule has 0 spiro atoms. The average Bonchev–Trinajstić information content (AvgIpc) is 3.10. The second-order valence-electron chi connectivity index (χ2n) is 4.79. The lowest BCUT2D eigenvalue weighted by atomic mass is 10.00. The SMILES string of the molecule is CC(CCc1ccc(C2CC2)cc1)C(=O)O. The van der Waals surface area contributed by atoms with Gasteiger partial charge < -0.3 is 5.11 Å². The maximum absolute atomic E-state index is 10.7. The van der Waals surface area contributed by atoms with Crippen molar-refractivity contribution in [3.63, 3.8) is 0 Å². The number of aliphatic carboxylic acids is 1. The summed E-state index contributed by atoms with van der Waals surface area (Å²) in [6, 6.07) is 8.67. The molecule has 1 N–H and O–H groups in total. The van der Waals surface area contributed by atoms with Gasteiger partial charge in [-0.15, -0.1) is 0 Å². The normalized spacial score (nSPS) is 17.1. The van der Waals surface area contributed by atoms with Crippen molar-refractivity contribution in [2.75, 3.05) is 0 Å². The third-order valence-corrected chi connectivity index (χ3v) is 3.32. The van der Waals surface area contributed by atoms with Crippen molar-refractivity contribution in [3.8, 4) is 0 Å². The van der Waals surface area contributed by atoms with E-state index in [4.69, 9.17) is 5.11 Å². The second kappa shape index (κ2) is 4.69. The lowest BCUT2D eigenvalue weighted by Gasteiger charge is -2.06. The highest BCUT2D eigenvalue weighted by atomic mass is 16.4. The standard InChI is InChI=1S/C14H18O2/c1-10(14(15)16)2-3-11-4-6-12(7-5-11)13-8-9-13/h4-7,10,13H,2-3,8-9H2,1H3,(H,15,16). The zero-order valence-electron chi connectivity index (χ0n) is 9.65. The molecule has 0 aliphatic heterocycles. The first-order valence-electron chi connectivity index (χ1n) is 5.98. The van der Waals surface area contributed by atoms with Crippen LogP contribution >= 0.6 is 0 Å². The Morgan fingerprint density at radius 2 is 2.00 bits per heavy atom. The predicted octanol–water partition coefficient (Wildman–Crippen LogP) is 3.22. The van der Waals surface area contributed by atoms with E-state index in [1.807, 2.05) is 0 Å². The molecule has 1 aliphatic rings. The van der Waals surface area contributed by atoms with Crippen LogP contribution in [0.1, 0.15) is 43.2 Å². The minimum atomic E-state index is -0.699. The maximum Gasteiger partial charge on any atom is 0.306 e. The van der Waals surface area contributed by atoms with Gasteiger partial charge in [0.1, 0.15) is 0 Å². The molecule has 1 aromatic rings. The first kappa shape index (κ1) is 11.2. The first-order chi connectivity index (χ1) is 7.66. The van der Waals surface area contributed by atoms with Gasteiger partial charge in [0.05, 0.1) is 5.92 Å². The topological polar surface area (TPSA) is 37.3 Å². The van der Waals surface area contributed by atoms with Gasteiger partial charge in [0.2, 0.25) is 0 Å². The number of benzene rings is 1. The van der Waals surface area contributed by atoms with Gasteiger partial charge in [-0.1, -0.05) is 31.2 Å². The lowest BCUT2D eigenvalue weighted by Crippen LogP contribution is -2.10. The van der Waals surface area contributed by atoms with Crippen molar-refractivity contribution in [3.05, 3.63) is 35.4 Å². The molecule has 1 atom stereocenters. The molecule has 2 rings (SSSR count). The number of aryl methyl sites for hydroxylation is 1. The Bertz CT molecular complexity index is 363. The van der Waals surface area contributed by atoms with Gasteiger partial charge in [-0.05, 0) is 42.7 Å². The second-order valence-corrected chi connectivity index (χ2v) is 4.79. The van der Waals surface area contributed by atoms with E-state index in [9.17, 15) is 4.79 Å². The fourth-order valence-corrected chi connectivity index (χ4v) is 1.88. The minimum absolute atomic E-state index is 0.247. The highest BCUT2D eigenvalue weighted by molar-refractivity contribution is 5.69. The Kier molecular flexibility index (Phi) is 3.28. The molecule has 86 valence electrons. The summed E-state index contributed by atoms with van der Waals surface area (Å²) in [6.07, 6.45) is 4.24. The molecule has 1 unspecified atom stereocenters. The summed E-state index contributed by atoms with van der Waals surface area (Å²) in [5, 5.41) is 8.79. The fraction of sp³-hybridized carbons (Fsp3) is 0.500. The molecule has 0 aromatic heterocycles. The molecule has 0 heterocycles. The van der Waals surface area contributed by atoms with E-state index in [0.29, 0.717) is 0 Å². The number of hydrogen-bond acceptors (Lipinski definition) is 1. The largest absolute Gasteiger partial charge is 0.481 e. The summed E-state index contributed by atoms with van der Waals surface area (Å²) >= 11 is 0. The van der Waals surface area contributed by atoms with Crippen molar-refractivity contribution < 1.29 is 9.90 Å². The van der Waals surface area contributed by atoms with E-state index in [0.717, 1.165) is 18.8 Å². The van der Waals surface area contributed by atoms with E-state index >= 15 is 0 Å². The first-order valence-corrected chi connectivity index (χ1v) is 5.98. The minimum Gasteiger partial charge on any atom is -0.481 e. The highest BCUT2D eigenvalue weighted by Crippen LogP contribution is 2.39. The summed E-state index contributed by atoms with van der Waals surface area (Å²) in [6.45, 7) is 1.76. The van der Waals surface area contributed by atoms with Crippen molar-refractivity contribution in [2.45, 2.75) is 38.5 Å². The van der Waals surface area contributed by atoms with Crippen LogP contribution in [0, 0.1) is 5.92 Å². The van der Waals surface area contributed by atoms with Crippen LogP contribution in [0.2, 0.25) is 0 Å². The van der Waals surface area contributed by atoms with Crippen LogP contribution < -0.4 is 0 Å². The van der Waals surface area contributed by atoms with Crippen molar-refractivity contribution in [1.82, 2.24) is 0 Å². The Balaban J connectivity index is 1.87. The smallest absolute Gasteiger partial charge is 0.306 e. The van der Waals surface area contributed by atoms with Gasteiger partial charge in [-0.3, -0.25) is 4.79 Å². The summed E-state index contributed by atoms with van der Waals surface area (Å²) < 4.78 is 0. The molecule has 1 saturated carbocycles. The number of rotatable bonds is 5. The van der Waals surface area contributed by atoms with E-state index in [1.165, 1.54) is 24.0 Å². The quantitative estimate of drug-likeness (QED) is 0.824.